The van der Waals surface area contributed by atoms with E-state index in [9.17, 15) is 9.59 Å². The van der Waals surface area contributed by atoms with Crippen LogP contribution in [0.4, 0.5) is 4.79 Å². The second kappa shape index (κ2) is 8.18. The van der Waals surface area contributed by atoms with Crippen LogP contribution in [0.2, 0.25) is 0 Å². The molecule has 0 aromatic heterocycles. The molecule has 2 amide bonds. The number of alkyl carbamates (subject to hydrolysis) is 1. The Morgan fingerprint density at radius 1 is 1.35 bits per heavy atom. The molecule has 1 heterocycles. The highest BCUT2D eigenvalue weighted by molar-refractivity contribution is 5.88. The molecule has 1 rings (SSSR count). The predicted octanol–water partition coefficient (Wildman–Crippen LogP) is 3.41. The lowest BCUT2D eigenvalue weighted by Gasteiger charge is -2.42. The van der Waals surface area contributed by atoms with Crippen molar-refractivity contribution in [1.82, 2.24) is 10.2 Å². The van der Waals surface area contributed by atoms with E-state index >= 15 is 0 Å². The zero-order valence-corrected chi connectivity index (χ0v) is 14.8. The Kier molecular flexibility index (Phi) is 6.85. The minimum atomic E-state index is -0.780. The van der Waals surface area contributed by atoms with Crippen LogP contribution < -0.4 is 5.32 Å². The number of hydrogen-bond donors (Lipinski definition) is 1. The number of likely N-dealkylation sites (tertiary alicyclic amines) is 1. The first kappa shape index (κ1) is 19.3. The third-order valence-electron chi connectivity index (χ3n) is 3.89. The van der Waals surface area contributed by atoms with Gasteiger partial charge in [0.1, 0.15) is 11.6 Å². The Morgan fingerprint density at radius 3 is 2.52 bits per heavy atom. The SMILES string of the molecule is C=CCC1CCC[C@@H](C)N1C(=O)[C@H](C=C)NC(=O)OC(C)(C)C. The summed E-state index contributed by atoms with van der Waals surface area (Å²) in [6.07, 6.45) is 6.47. The lowest BCUT2D eigenvalue weighted by Crippen LogP contribution is -2.56. The first-order chi connectivity index (χ1) is 10.7. The number of hydrogen-bond acceptors (Lipinski definition) is 3. The van der Waals surface area contributed by atoms with Crippen LogP contribution in [0.3, 0.4) is 0 Å². The standard InChI is InChI=1S/C18H30N2O3/c1-7-10-14-12-9-11-13(3)20(14)16(21)15(8-2)19-17(22)23-18(4,5)6/h7-8,13-15H,1-2,9-12H2,3-6H3,(H,19,22)/t13-,14?,15+/m1/s1. The van der Waals surface area contributed by atoms with E-state index in [0.29, 0.717) is 0 Å². The van der Waals surface area contributed by atoms with Gasteiger partial charge in [-0.25, -0.2) is 4.79 Å². The molecule has 1 aliphatic rings. The molecule has 5 heteroatoms. The van der Waals surface area contributed by atoms with E-state index in [0.717, 1.165) is 25.7 Å². The fourth-order valence-electron chi connectivity index (χ4n) is 2.92. The second-order valence-electron chi connectivity index (χ2n) is 7.06. The average Bonchev–Trinajstić information content (AvgIpc) is 2.43. The van der Waals surface area contributed by atoms with Gasteiger partial charge in [0.2, 0.25) is 5.91 Å². The third kappa shape index (κ3) is 5.73. The highest BCUT2D eigenvalue weighted by Crippen LogP contribution is 2.26. The van der Waals surface area contributed by atoms with Gasteiger partial charge >= 0.3 is 6.09 Å². The Morgan fingerprint density at radius 2 is 2.00 bits per heavy atom. The van der Waals surface area contributed by atoms with Gasteiger partial charge in [0.25, 0.3) is 0 Å². The van der Waals surface area contributed by atoms with Gasteiger partial charge in [-0.15, -0.1) is 13.2 Å². The molecule has 0 aliphatic carbocycles. The molecule has 23 heavy (non-hydrogen) atoms. The Labute approximate surface area is 139 Å². The van der Waals surface area contributed by atoms with Gasteiger partial charge in [0, 0.05) is 12.1 Å². The van der Waals surface area contributed by atoms with Crippen molar-refractivity contribution in [2.75, 3.05) is 0 Å². The summed E-state index contributed by atoms with van der Waals surface area (Å²) >= 11 is 0. The topological polar surface area (TPSA) is 58.6 Å². The van der Waals surface area contributed by atoms with E-state index in [2.05, 4.69) is 18.5 Å². The summed E-state index contributed by atoms with van der Waals surface area (Å²) in [6, 6.07) is -0.506. The summed E-state index contributed by atoms with van der Waals surface area (Å²) in [5, 5.41) is 2.61. The van der Waals surface area contributed by atoms with E-state index in [4.69, 9.17) is 4.74 Å². The van der Waals surface area contributed by atoms with Gasteiger partial charge in [-0.2, -0.15) is 0 Å². The summed E-state index contributed by atoms with van der Waals surface area (Å²) in [7, 11) is 0. The van der Waals surface area contributed by atoms with Gasteiger partial charge in [0.05, 0.1) is 0 Å². The molecule has 1 N–H and O–H groups in total. The zero-order chi connectivity index (χ0) is 17.6. The molecule has 3 atom stereocenters. The minimum Gasteiger partial charge on any atom is -0.444 e. The lowest BCUT2D eigenvalue weighted by molar-refractivity contribution is -0.138. The van der Waals surface area contributed by atoms with Crippen molar-refractivity contribution in [3.63, 3.8) is 0 Å². The van der Waals surface area contributed by atoms with Crippen LogP contribution >= 0.6 is 0 Å². The van der Waals surface area contributed by atoms with Crippen LogP contribution in [0.1, 0.15) is 53.4 Å². The molecule has 0 saturated carbocycles. The Balaban J connectivity index is 2.82. The van der Waals surface area contributed by atoms with E-state index in [1.54, 1.807) is 20.8 Å². The fourth-order valence-corrected chi connectivity index (χ4v) is 2.92. The number of ether oxygens (including phenoxy) is 1. The zero-order valence-electron chi connectivity index (χ0n) is 14.8. The maximum atomic E-state index is 12.9. The van der Waals surface area contributed by atoms with Crippen LogP contribution in [0, 0.1) is 0 Å². The number of nitrogens with zero attached hydrogens (tertiary/aromatic N) is 1. The number of carbonyl (C=O) groups excluding carboxylic acids is 2. The molecule has 0 spiro atoms. The van der Waals surface area contributed by atoms with Gasteiger partial charge < -0.3 is 15.0 Å². The number of amides is 2. The molecule has 1 fully saturated rings. The summed E-state index contributed by atoms with van der Waals surface area (Å²) in [5.41, 5.74) is -0.608. The van der Waals surface area contributed by atoms with E-state index in [1.807, 2.05) is 17.9 Å². The van der Waals surface area contributed by atoms with Crippen LogP contribution in [-0.2, 0) is 9.53 Å². The summed E-state index contributed by atoms with van der Waals surface area (Å²) < 4.78 is 5.22. The normalized spacial score (nSPS) is 22.9. The highest BCUT2D eigenvalue weighted by atomic mass is 16.6. The largest absolute Gasteiger partial charge is 0.444 e. The molecular formula is C18H30N2O3. The lowest BCUT2D eigenvalue weighted by atomic mass is 9.93. The number of nitrogens with one attached hydrogen (secondary N) is 1. The Hall–Kier alpha value is -1.78. The Bertz CT molecular complexity index is 454. The number of carbonyl (C=O) groups is 2. The van der Waals surface area contributed by atoms with Crippen molar-refractivity contribution in [3.8, 4) is 0 Å². The third-order valence-corrected chi connectivity index (χ3v) is 3.89. The smallest absolute Gasteiger partial charge is 0.408 e. The summed E-state index contributed by atoms with van der Waals surface area (Å²) in [6.45, 7) is 14.9. The first-order valence-corrected chi connectivity index (χ1v) is 8.24. The van der Waals surface area contributed by atoms with Gasteiger partial charge in [0.15, 0.2) is 0 Å². The number of rotatable bonds is 5. The average molecular weight is 322 g/mol. The molecule has 0 radical (unpaired) electrons. The van der Waals surface area contributed by atoms with E-state index in [-0.39, 0.29) is 18.0 Å². The predicted molar refractivity (Wildman–Crippen MR) is 92.1 cm³/mol. The van der Waals surface area contributed by atoms with Crippen LogP contribution in [0.5, 0.6) is 0 Å². The van der Waals surface area contributed by atoms with Crippen molar-refractivity contribution < 1.29 is 14.3 Å². The molecule has 5 nitrogen and oxygen atoms in total. The van der Waals surface area contributed by atoms with E-state index < -0.39 is 17.7 Å². The monoisotopic (exact) mass is 322 g/mol. The first-order valence-electron chi connectivity index (χ1n) is 8.24. The molecule has 130 valence electrons. The maximum Gasteiger partial charge on any atom is 0.408 e. The van der Waals surface area contributed by atoms with Crippen molar-refractivity contribution in [3.05, 3.63) is 25.3 Å². The van der Waals surface area contributed by atoms with Gasteiger partial charge in [-0.1, -0.05) is 12.2 Å². The van der Waals surface area contributed by atoms with Crippen molar-refractivity contribution in [2.24, 2.45) is 0 Å². The second-order valence-corrected chi connectivity index (χ2v) is 7.06. The molecular weight excluding hydrogens is 292 g/mol. The molecule has 1 unspecified atom stereocenters. The quantitative estimate of drug-likeness (QED) is 0.789. The van der Waals surface area contributed by atoms with Crippen LogP contribution in [0.25, 0.3) is 0 Å². The van der Waals surface area contributed by atoms with Crippen LogP contribution in [0.15, 0.2) is 25.3 Å². The van der Waals surface area contributed by atoms with Crippen molar-refractivity contribution in [2.45, 2.75) is 77.1 Å². The summed E-state index contributed by atoms with van der Waals surface area (Å²) in [4.78, 5) is 26.7. The molecule has 1 aliphatic heterocycles. The maximum absolute atomic E-state index is 12.9. The molecule has 1 saturated heterocycles. The van der Waals surface area contributed by atoms with E-state index in [1.165, 1.54) is 6.08 Å². The van der Waals surface area contributed by atoms with Crippen LogP contribution in [-0.4, -0.2) is 40.6 Å². The highest BCUT2D eigenvalue weighted by Gasteiger charge is 2.35. The number of piperidine rings is 1. The summed E-state index contributed by atoms with van der Waals surface area (Å²) in [5.74, 6) is -0.134. The molecule has 0 bridgehead atoms. The van der Waals surface area contributed by atoms with Gasteiger partial charge in [-0.3, -0.25) is 4.79 Å². The van der Waals surface area contributed by atoms with Crippen molar-refractivity contribution in [1.29, 1.82) is 0 Å². The van der Waals surface area contributed by atoms with Crippen molar-refractivity contribution >= 4 is 12.0 Å². The fraction of sp³-hybridized carbons (Fsp3) is 0.667. The van der Waals surface area contributed by atoms with Gasteiger partial charge in [-0.05, 0) is 53.4 Å². The molecule has 0 aromatic rings. The molecule has 0 aromatic carbocycles. The minimum absolute atomic E-state index is 0.131.